The zero-order valence-electron chi connectivity index (χ0n) is 45.7. The molecule has 74 heavy (non-hydrogen) atoms. The molecule has 2 saturated heterocycles. The number of benzene rings is 1. The smallest absolute Gasteiger partial charge is 0.266 e. The van der Waals surface area contributed by atoms with Crippen molar-refractivity contribution in [2.24, 2.45) is 23.7 Å². The van der Waals surface area contributed by atoms with Gasteiger partial charge in [0.05, 0.1) is 10.2 Å². The lowest BCUT2D eigenvalue weighted by atomic mass is 9.98. The van der Waals surface area contributed by atoms with E-state index in [1.54, 1.807) is 4.90 Å². The molecule has 2 amide bonds. The van der Waals surface area contributed by atoms with E-state index < -0.39 is 0 Å². The predicted octanol–water partition coefficient (Wildman–Crippen LogP) is 20.3. The maximum absolute atomic E-state index is 13.7. The summed E-state index contributed by atoms with van der Waals surface area (Å²) in [7, 11) is 0. The van der Waals surface area contributed by atoms with Crippen LogP contribution in [0, 0.1) is 23.7 Å². The molecular weight excluding hydrogens is 1100 g/mol. The molecule has 0 radical (unpaired) electrons. The Bertz CT molecular complexity index is 2510. The SMILES string of the molecule is CCCCC(CC)CSC(SCC(CC)CCCC)=C1c2cc3c(cc2-c2sc(/C=C4/SC(=S)N(CC)C4=O)cc21)C(=C(SCC(CC)CCCC)SCC(CC)CCCC)c1cc(CC2SC(=S)NC2=O)sc1-3. The molecule has 5 unspecified atom stereocenters. The molecule has 2 fully saturated rings. The van der Waals surface area contributed by atoms with E-state index in [1.165, 1.54) is 194 Å². The van der Waals surface area contributed by atoms with Gasteiger partial charge in [-0.15, -0.1) is 69.7 Å². The quantitative estimate of drug-likeness (QED) is 0.0333. The first-order chi connectivity index (χ1) is 35.9. The van der Waals surface area contributed by atoms with Crippen LogP contribution >= 0.6 is 118 Å². The molecule has 2 aromatic heterocycles. The van der Waals surface area contributed by atoms with Crippen LogP contribution in [0.4, 0.5) is 0 Å². The Labute approximate surface area is 491 Å². The van der Waals surface area contributed by atoms with Crippen molar-refractivity contribution in [2.75, 3.05) is 29.6 Å². The highest BCUT2D eigenvalue weighted by Crippen LogP contribution is 2.60. The molecular formula is C60H82N2O2S10. The maximum atomic E-state index is 13.7. The van der Waals surface area contributed by atoms with Crippen molar-refractivity contribution in [2.45, 2.75) is 177 Å². The number of thiophene rings is 2. The Morgan fingerprint density at radius 1 is 0.608 bits per heavy atom. The summed E-state index contributed by atoms with van der Waals surface area (Å²) in [5.41, 5.74) is 10.8. The molecule has 0 saturated carbocycles. The third kappa shape index (κ3) is 14.9. The zero-order chi connectivity index (χ0) is 52.9. The van der Waals surface area contributed by atoms with E-state index in [0.717, 1.165) is 32.8 Å². The van der Waals surface area contributed by atoms with Gasteiger partial charge in [-0.3, -0.25) is 14.5 Å². The second-order valence-electron chi connectivity index (χ2n) is 20.5. The van der Waals surface area contributed by atoms with Gasteiger partial charge in [-0.25, -0.2) is 0 Å². The van der Waals surface area contributed by atoms with Crippen LogP contribution in [0.1, 0.15) is 197 Å². The lowest BCUT2D eigenvalue weighted by Crippen LogP contribution is -2.27. The number of hydrogen-bond donors (Lipinski definition) is 1. The number of thioether (sulfide) groups is 6. The molecule has 5 atom stereocenters. The second kappa shape index (κ2) is 30.0. The summed E-state index contributed by atoms with van der Waals surface area (Å²) in [5.74, 6) is 7.22. The van der Waals surface area contributed by atoms with Gasteiger partial charge < -0.3 is 5.32 Å². The van der Waals surface area contributed by atoms with Gasteiger partial charge >= 0.3 is 0 Å². The van der Waals surface area contributed by atoms with Crippen LogP contribution in [-0.4, -0.2) is 60.2 Å². The van der Waals surface area contributed by atoms with Crippen molar-refractivity contribution in [3.8, 4) is 20.9 Å². The van der Waals surface area contributed by atoms with E-state index in [-0.39, 0.29) is 17.1 Å². The fraction of sp³-hybridized carbons (Fsp3) is 0.600. The molecule has 7 rings (SSSR count). The van der Waals surface area contributed by atoms with E-state index in [4.69, 9.17) is 24.4 Å². The average Bonchev–Trinajstić information content (AvgIpc) is 4.24. The Kier molecular flexibility index (Phi) is 24.6. The summed E-state index contributed by atoms with van der Waals surface area (Å²) < 4.78 is 4.16. The fourth-order valence-electron chi connectivity index (χ4n) is 10.3. The van der Waals surface area contributed by atoms with Crippen LogP contribution < -0.4 is 5.32 Å². The molecule has 1 aromatic carbocycles. The lowest BCUT2D eigenvalue weighted by Gasteiger charge is -2.21. The molecule has 3 aromatic rings. The number of unbranched alkanes of at least 4 members (excludes halogenated alkanes) is 4. The summed E-state index contributed by atoms with van der Waals surface area (Å²) in [4.78, 5) is 34.4. The predicted molar refractivity (Wildman–Crippen MR) is 350 cm³/mol. The van der Waals surface area contributed by atoms with E-state index in [1.807, 2.05) is 29.6 Å². The highest BCUT2D eigenvalue weighted by molar-refractivity contribution is 8.27. The van der Waals surface area contributed by atoms with Crippen molar-refractivity contribution >= 4 is 155 Å². The highest BCUT2D eigenvalue weighted by atomic mass is 32.2. The molecule has 2 aliphatic carbocycles. The summed E-state index contributed by atoms with van der Waals surface area (Å²) in [6, 6.07) is 10.1. The van der Waals surface area contributed by atoms with Gasteiger partial charge in [-0.05, 0) is 97.7 Å². The molecule has 404 valence electrons. The molecule has 0 bridgehead atoms. The van der Waals surface area contributed by atoms with Gasteiger partial charge in [0.15, 0.2) is 0 Å². The molecule has 4 aliphatic rings. The average molecular weight is 1180 g/mol. The van der Waals surface area contributed by atoms with Gasteiger partial charge in [-0.1, -0.05) is 180 Å². The molecule has 14 heteroatoms. The molecule has 4 heterocycles. The number of likely N-dealkylation sites (N-methyl/N-ethyl adjacent to an activating group) is 1. The van der Waals surface area contributed by atoms with Crippen LogP contribution in [0.25, 0.3) is 38.1 Å². The number of carbonyl (C=O) groups is 2. The first-order valence-corrected chi connectivity index (χ1v) is 36.3. The summed E-state index contributed by atoms with van der Waals surface area (Å²) in [5, 5.41) is 2.72. The number of rotatable bonds is 32. The molecule has 1 N–H and O–H groups in total. The summed E-state index contributed by atoms with van der Waals surface area (Å²) >= 11 is 26.4. The highest BCUT2D eigenvalue weighted by Gasteiger charge is 2.38. The summed E-state index contributed by atoms with van der Waals surface area (Å²) in [6.07, 6.45) is 22.7. The second-order valence-corrected chi connectivity index (χ2v) is 31.0. The normalized spacial score (nSPS) is 18.1. The number of carbonyl (C=O) groups excluding carboxylic acids is 2. The van der Waals surface area contributed by atoms with Crippen molar-refractivity contribution in [3.63, 3.8) is 0 Å². The van der Waals surface area contributed by atoms with Crippen LogP contribution in [0.3, 0.4) is 0 Å². The van der Waals surface area contributed by atoms with E-state index in [0.29, 0.717) is 45.3 Å². The van der Waals surface area contributed by atoms with Crippen molar-refractivity contribution < 1.29 is 9.59 Å². The third-order valence-electron chi connectivity index (χ3n) is 15.3. The Morgan fingerprint density at radius 2 is 1.05 bits per heavy atom. The first-order valence-electron chi connectivity index (χ1n) is 28.2. The van der Waals surface area contributed by atoms with Crippen LogP contribution in [0.15, 0.2) is 37.6 Å². The Balaban J connectivity index is 1.46. The fourth-order valence-corrected chi connectivity index (χ4v) is 21.6. The number of fused-ring (bicyclic) bond motifs is 6. The van der Waals surface area contributed by atoms with Gasteiger partial charge in [-0.2, -0.15) is 0 Å². The number of nitrogens with one attached hydrogen (secondary N) is 1. The maximum Gasteiger partial charge on any atom is 0.266 e. The Morgan fingerprint density at radius 3 is 1.45 bits per heavy atom. The molecule has 2 aliphatic heterocycles. The van der Waals surface area contributed by atoms with Crippen molar-refractivity contribution in [1.29, 1.82) is 0 Å². The standard InChI is InChI=1S/C60H82N2O2S10/c1-10-19-23-37(14-5)33-67-57(68-34-38(15-6)24-20-11-2)51-43-32-46-44(31-45(43)53-47(51)27-41(71-53)29-49-55(63)61-59(65)73-49)52(48-28-42(72-54(46)48)30-50-56(64)62(18-9)60(66)74-50)58(69-35-39(16-7)25-21-12-3)70-36-40(17-8)26-22-13-4/h27-28,30-32,37-40,49H,10-26,29,33-36H2,1-9H3,(H,61,63,65)/b50-30+,57-51?,58-52?. The van der Waals surface area contributed by atoms with E-state index in [9.17, 15) is 9.59 Å². The number of hydrogen-bond acceptors (Lipinski definition) is 12. The van der Waals surface area contributed by atoms with Gasteiger partial charge in [0.1, 0.15) is 8.64 Å². The van der Waals surface area contributed by atoms with Gasteiger partial charge in [0.25, 0.3) is 5.91 Å². The number of nitrogens with zero attached hydrogens (tertiary/aromatic N) is 1. The largest absolute Gasteiger partial charge is 0.311 e. The first kappa shape index (κ1) is 60.7. The van der Waals surface area contributed by atoms with Crippen molar-refractivity contribution in [1.82, 2.24) is 10.2 Å². The van der Waals surface area contributed by atoms with E-state index in [2.05, 4.69) is 138 Å². The summed E-state index contributed by atoms with van der Waals surface area (Å²) in [6.45, 7) is 21.4. The van der Waals surface area contributed by atoms with Gasteiger partial charge in [0, 0.05) is 97.4 Å². The van der Waals surface area contributed by atoms with Crippen LogP contribution in [-0.2, 0) is 16.0 Å². The monoisotopic (exact) mass is 1180 g/mol. The van der Waals surface area contributed by atoms with Gasteiger partial charge in [0.2, 0.25) is 5.91 Å². The number of amides is 2. The zero-order valence-corrected chi connectivity index (χ0v) is 53.8. The van der Waals surface area contributed by atoms with Crippen LogP contribution in [0.2, 0.25) is 0 Å². The lowest BCUT2D eigenvalue weighted by molar-refractivity contribution is -0.122. The third-order valence-corrected chi connectivity index (χ3v) is 26.1. The Hall–Kier alpha value is -0.940. The minimum absolute atomic E-state index is 0.0184. The topological polar surface area (TPSA) is 49.4 Å². The van der Waals surface area contributed by atoms with Crippen molar-refractivity contribution in [3.05, 3.63) is 69.7 Å². The van der Waals surface area contributed by atoms with Crippen LogP contribution in [0.5, 0.6) is 0 Å². The minimum Gasteiger partial charge on any atom is -0.311 e. The number of thiocarbonyl (C=S) groups is 2. The molecule has 0 spiro atoms. The molecule has 4 nitrogen and oxygen atoms in total. The van der Waals surface area contributed by atoms with E-state index >= 15 is 0 Å². The minimum atomic E-state index is -0.206.